The number of amides is 3. The molecular formula is C20H25N3O4. The number of aliphatic hydroxyl groups is 1. The summed E-state index contributed by atoms with van der Waals surface area (Å²) in [7, 11) is 1.53. The van der Waals surface area contributed by atoms with Crippen LogP contribution in [0, 0.1) is 0 Å². The van der Waals surface area contributed by atoms with E-state index in [1.54, 1.807) is 42.5 Å². The van der Waals surface area contributed by atoms with E-state index in [1.165, 1.54) is 7.11 Å². The van der Waals surface area contributed by atoms with Gasteiger partial charge >= 0.3 is 6.03 Å². The number of anilines is 1. The predicted molar refractivity (Wildman–Crippen MR) is 104 cm³/mol. The molecule has 0 aliphatic carbocycles. The van der Waals surface area contributed by atoms with E-state index in [4.69, 9.17) is 4.74 Å². The molecule has 0 aliphatic rings. The first kappa shape index (κ1) is 20.3. The van der Waals surface area contributed by atoms with Gasteiger partial charge in [0, 0.05) is 29.4 Å². The Labute approximate surface area is 158 Å². The summed E-state index contributed by atoms with van der Waals surface area (Å²) >= 11 is 0. The molecule has 0 unspecified atom stereocenters. The summed E-state index contributed by atoms with van der Waals surface area (Å²) < 4.78 is 5.21. The Morgan fingerprint density at radius 1 is 1.07 bits per heavy atom. The minimum absolute atomic E-state index is 0.0321. The third-order valence-electron chi connectivity index (χ3n) is 3.78. The van der Waals surface area contributed by atoms with Gasteiger partial charge in [-0.05, 0) is 44.2 Å². The van der Waals surface area contributed by atoms with Crippen molar-refractivity contribution in [2.75, 3.05) is 19.0 Å². The fourth-order valence-corrected chi connectivity index (χ4v) is 2.48. The number of carbonyl (C=O) groups is 2. The lowest BCUT2D eigenvalue weighted by Crippen LogP contribution is -2.34. The highest BCUT2D eigenvalue weighted by atomic mass is 16.5. The van der Waals surface area contributed by atoms with Crippen LogP contribution in [0.2, 0.25) is 0 Å². The zero-order valence-corrected chi connectivity index (χ0v) is 15.7. The summed E-state index contributed by atoms with van der Waals surface area (Å²) in [4.78, 5) is 23.9. The van der Waals surface area contributed by atoms with Gasteiger partial charge < -0.3 is 25.8 Å². The highest BCUT2D eigenvalue weighted by Crippen LogP contribution is 2.24. The van der Waals surface area contributed by atoms with E-state index < -0.39 is 6.10 Å². The van der Waals surface area contributed by atoms with Crippen LogP contribution in [0.15, 0.2) is 48.5 Å². The zero-order chi connectivity index (χ0) is 19.8. The summed E-state index contributed by atoms with van der Waals surface area (Å²) in [5.41, 5.74) is 1.62. The number of hydrogen-bond acceptors (Lipinski definition) is 4. The zero-order valence-electron chi connectivity index (χ0n) is 15.7. The molecule has 7 nitrogen and oxygen atoms in total. The van der Waals surface area contributed by atoms with Gasteiger partial charge in [0.05, 0.1) is 13.2 Å². The number of benzene rings is 2. The number of nitrogens with one attached hydrogen (secondary N) is 3. The number of rotatable bonds is 7. The van der Waals surface area contributed by atoms with Gasteiger partial charge in [-0.25, -0.2) is 4.79 Å². The number of aliphatic hydroxyl groups excluding tert-OH is 1. The van der Waals surface area contributed by atoms with Crippen molar-refractivity contribution in [2.24, 2.45) is 0 Å². The lowest BCUT2D eigenvalue weighted by molar-refractivity contribution is 0.0914. The summed E-state index contributed by atoms with van der Waals surface area (Å²) in [5, 5.41) is 18.4. The minimum Gasteiger partial charge on any atom is -0.496 e. The largest absolute Gasteiger partial charge is 0.496 e. The topological polar surface area (TPSA) is 99.7 Å². The quantitative estimate of drug-likeness (QED) is 0.601. The van der Waals surface area contributed by atoms with Crippen molar-refractivity contribution >= 4 is 17.6 Å². The van der Waals surface area contributed by atoms with E-state index in [2.05, 4.69) is 16.0 Å². The Kier molecular flexibility index (Phi) is 7.19. The number of para-hydroxylation sites is 1. The van der Waals surface area contributed by atoms with Crippen LogP contribution in [0.5, 0.6) is 5.75 Å². The third-order valence-corrected chi connectivity index (χ3v) is 3.78. The molecule has 2 aromatic carbocycles. The number of methoxy groups -OCH3 is 1. The number of hydrogen-bond donors (Lipinski definition) is 4. The maximum Gasteiger partial charge on any atom is 0.319 e. The van der Waals surface area contributed by atoms with Gasteiger partial charge in [0.15, 0.2) is 0 Å². The number of carbonyl (C=O) groups excluding carboxylic acids is 2. The average molecular weight is 371 g/mol. The first-order chi connectivity index (χ1) is 12.9. The van der Waals surface area contributed by atoms with E-state index in [-0.39, 0.29) is 24.5 Å². The Morgan fingerprint density at radius 3 is 2.37 bits per heavy atom. The molecule has 2 aromatic rings. The van der Waals surface area contributed by atoms with Crippen molar-refractivity contribution in [1.29, 1.82) is 0 Å². The first-order valence-electron chi connectivity index (χ1n) is 8.67. The smallest absolute Gasteiger partial charge is 0.319 e. The van der Waals surface area contributed by atoms with Crippen LogP contribution in [0.1, 0.15) is 35.9 Å². The van der Waals surface area contributed by atoms with Crippen LogP contribution in [0.4, 0.5) is 10.5 Å². The lowest BCUT2D eigenvalue weighted by Gasteiger charge is -2.15. The van der Waals surface area contributed by atoms with Crippen LogP contribution in [-0.2, 0) is 0 Å². The maximum absolute atomic E-state index is 12.3. The Balaban J connectivity index is 1.91. The van der Waals surface area contributed by atoms with Gasteiger partial charge in [0.1, 0.15) is 5.75 Å². The van der Waals surface area contributed by atoms with E-state index in [9.17, 15) is 14.7 Å². The van der Waals surface area contributed by atoms with Gasteiger partial charge in [-0.1, -0.05) is 18.2 Å². The van der Waals surface area contributed by atoms with Gasteiger partial charge in [0.25, 0.3) is 5.91 Å². The highest BCUT2D eigenvalue weighted by molar-refractivity contribution is 5.95. The molecule has 0 saturated carbocycles. The second-order valence-electron chi connectivity index (χ2n) is 6.30. The number of urea groups is 1. The van der Waals surface area contributed by atoms with Crippen molar-refractivity contribution in [1.82, 2.24) is 10.6 Å². The summed E-state index contributed by atoms with van der Waals surface area (Å²) in [6, 6.07) is 13.3. The molecule has 0 aliphatic heterocycles. The van der Waals surface area contributed by atoms with Crippen molar-refractivity contribution < 1.29 is 19.4 Å². The SMILES string of the molecule is COc1ccccc1[C@@H](O)CNC(=O)c1ccc(NC(=O)NC(C)C)cc1. The number of ether oxygens (including phenoxy) is 1. The Hall–Kier alpha value is -3.06. The molecule has 0 radical (unpaired) electrons. The standard InChI is InChI=1S/C20H25N3O4/c1-13(2)22-20(26)23-15-10-8-14(9-11-15)19(25)21-12-17(24)16-6-4-5-7-18(16)27-3/h4-11,13,17,24H,12H2,1-3H3,(H,21,25)(H2,22,23,26)/t17-/m0/s1. The summed E-state index contributed by atoms with van der Waals surface area (Å²) in [6.45, 7) is 3.79. The minimum atomic E-state index is -0.884. The third kappa shape index (κ3) is 6.00. The molecule has 7 heteroatoms. The van der Waals surface area contributed by atoms with Gasteiger partial charge in [0.2, 0.25) is 0 Å². The Morgan fingerprint density at radius 2 is 1.74 bits per heavy atom. The molecule has 1 atom stereocenters. The van der Waals surface area contributed by atoms with Crippen LogP contribution >= 0.6 is 0 Å². The molecule has 4 N–H and O–H groups in total. The first-order valence-corrected chi connectivity index (χ1v) is 8.67. The molecule has 0 saturated heterocycles. The van der Waals surface area contributed by atoms with Gasteiger partial charge in [-0.3, -0.25) is 4.79 Å². The van der Waals surface area contributed by atoms with Gasteiger partial charge in [-0.15, -0.1) is 0 Å². The van der Waals surface area contributed by atoms with Crippen molar-refractivity contribution in [3.8, 4) is 5.75 Å². The lowest BCUT2D eigenvalue weighted by atomic mass is 10.1. The monoisotopic (exact) mass is 371 g/mol. The highest BCUT2D eigenvalue weighted by Gasteiger charge is 2.14. The van der Waals surface area contributed by atoms with Crippen LogP contribution in [-0.4, -0.2) is 36.7 Å². The summed E-state index contributed by atoms with van der Waals surface area (Å²) in [5.74, 6) is 0.247. The molecular weight excluding hydrogens is 346 g/mol. The molecule has 0 bridgehead atoms. The molecule has 0 fully saturated rings. The molecule has 144 valence electrons. The summed E-state index contributed by atoms with van der Waals surface area (Å²) in [6.07, 6.45) is -0.884. The van der Waals surface area contributed by atoms with Crippen LogP contribution in [0.3, 0.4) is 0 Å². The maximum atomic E-state index is 12.3. The van der Waals surface area contributed by atoms with E-state index in [1.807, 2.05) is 19.9 Å². The van der Waals surface area contributed by atoms with Crippen molar-refractivity contribution in [2.45, 2.75) is 26.0 Å². The fourth-order valence-electron chi connectivity index (χ4n) is 2.48. The Bertz CT molecular complexity index is 775. The predicted octanol–water partition coefficient (Wildman–Crippen LogP) is 2.69. The molecule has 27 heavy (non-hydrogen) atoms. The molecule has 3 amide bonds. The second kappa shape index (κ2) is 9.59. The van der Waals surface area contributed by atoms with E-state index in [0.717, 1.165) is 0 Å². The molecule has 0 heterocycles. The van der Waals surface area contributed by atoms with Crippen LogP contribution in [0.25, 0.3) is 0 Å². The molecule has 0 aromatic heterocycles. The van der Waals surface area contributed by atoms with E-state index >= 15 is 0 Å². The van der Waals surface area contributed by atoms with Crippen LogP contribution < -0.4 is 20.7 Å². The van der Waals surface area contributed by atoms with Crippen molar-refractivity contribution in [3.63, 3.8) is 0 Å². The molecule has 0 spiro atoms. The second-order valence-corrected chi connectivity index (χ2v) is 6.30. The molecule has 2 rings (SSSR count). The van der Waals surface area contributed by atoms with E-state index in [0.29, 0.717) is 22.6 Å². The fraction of sp³-hybridized carbons (Fsp3) is 0.300. The van der Waals surface area contributed by atoms with Crippen molar-refractivity contribution in [3.05, 3.63) is 59.7 Å². The normalized spacial score (nSPS) is 11.6. The van der Waals surface area contributed by atoms with Gasteiger partial charge in [-0.2, -0.15) is 0 Å². The average Bonchev–Trinajstić information content (AvgIpc) is 2.65.